The lowest BCUT2D eigenvalue weighted by molar-refractivity contribution is -0.523. The third-order valence-electron chi connectivity index (χ3n) is 3.22. The van der Waals surface area contributed by atoms with Gasteiger partial charge in [-0.1, -0.05) is 26.7 Å². The number of halogens is 1. The van der Waals surface area contributed by atoms with Crippen molar-refractivity contribution in [1.29, 1.82) is 0 Å². The van der Waals surface area contributed by atoms with Crippen molar-refractivity contribution in [1.82, 2.24) is 4.90 Å². The van der Waals surface area contributed by atoms with E-state index in [-0.39, 0.29) is 6.09 Å². The lowest BCUT2D eigenvalue weighted by Crippen LogP contribution is -2.27. The second kappa shape index (κ2) is 7.64. The second-order valence-electron chi connectivity index (χ2n) is 4.66. The van der Waals surface area contributed by atoms with E-state index in [9.17, 15) is 4.39 Å². The van der Waals surface area contributed by atoms with Crippen LogP contribution in [0.1, 0.15) is 52.4 Å². The summed E-state index contributed by atoms with van der Waals surface area (Å²) in [6, 6.07) is 0. The van der Waals surface area contributed by atoms with Crippen molar-refractivity contribution >= 4 is 6.09 Å². The van der Waals surface area contributed by atoms with Gasteiger partial charge in [0.05, 0.1) is 13.1 Å². The lowest BCUT2D eigenvalue weighted by Gasteiger charge is -2.06. The predicted molar refractivity (Wildman–Crippen MR) is 66.7 cm³/mol. The minimum atomic E-state index is 0.0206. The van der Waals surface area contributed by atoms with E-state index in [1.165, 1.54) is 25.7 Å². The van der Waals surface area contributed by atoms with Crippen LogP contribution < -0.4 is 0 Å². The molecule has 0 aromatic carbocycles. The van der Waals surface area contributed by atoms with Crippen molar-refractivity contribution in [3.63, 3.8) is 0 Å². The molecular weight excluding hydrogens is 203 g/mol. The molecule has 0 N–H and O–H groups in total. The minimum absolute atomic E-state index is 0.0206. The van der Waals surface area contributed by atoms with E-state index in [1.807, 2.05) is 9.48 Å². The summed E-state index contributed by atoms with van der Waals surface area (Å²) < 4.78 is 15.8. The summed E-state index contributed by atoms with van der Waals surface area (Å²) in [6.07, 6.45) is 7.08. The van der Waals surface area contributed by atoms with E-state index in [0.29, 0.717) is 0 Å². The zero-order valence-electron chi connectivity index (χ0n) is 10.8. The Bertz CT molecular complexity index is 226. The molecule has 1 aliphatic heterocycles. The van der Waals surface area contributed by atoms with Crippen molar-refractivity contribution < 1.29 is 8.97 Å². The number of rotatable bonds is 8. The third-order valence-corrected chi connectivity index (χ3v) is 3.22. The van der Waals surface area contributed by atoms with Gasteiger partial charge < -0.3 is 0 Å². The summed E-state index contributed by atoms with van der Waals surface area (Å²) in [4.78, 5) is 1.90. The first-order chi connectivity index (χ1) is 7.79. The molecule has 0 amide bonds. The highest BCUT2D eigenvalue weighted by atomic mass is 19.1. The molecule has 0 aromatic rings. The van der Waals surface area contributed by atoms with Crippen LogP contribution in [0.3, 0.4) is 0 Å². The van der Waals surface area contributed by atoms with Crippen LogP contribution in [0.2, 0.25) is 0 Å². The molecule has 0 saturated carbocycles. The van der Waals surface area contributed by atoms with Gasteiger partial charge in [-0.05, 0) is 25.7 Å². The van der Waals surface area contributed by atoms with Crippen LogP contribution in [-0.4, -0.2) is 41.7 Å². The summed E-state index contributed by atoms with van der Waals surface area (Å²) in [5.74, 6) is 0. The van der Waals surface area contributed by atoms with Crippen LogP contribution in [0.25, 0.3) is 0 Å². The standard InChI is InChI=1S/C13H26FN2/c1-3-5-7-9-15-11-12-16(13(15)14)10-8-6-4-2/h3-12H2,1-2H3/q+1. The van der Waals surface area contributed by atoms with Crippen LogP contribution in [0.15, 0.2) is 0 Å². The summed E-state index contributed by atoms with van der Waals surface area (Å²) in [6.45, 7) is 7.90. The first-order valence-electron chi connectivity index (χ1n) is 6.82. The Kier molecular flexibility index (Phi) is 6.43. The first-order valence-corrected chi connectivity index (χ1v) is 6.82. The second-order valence-corrected chi connectivity index (χ2v) is 4.66. The first kappa shape index (κ1) is 13.5. The summed E-state index contributed by atoms with van der Waals surface area (Å²) >= 11 is 0. The molecule has 94 valence electrons. The summed E-state index contributed by atoms with van der Waals surface area (Å²) in [5.41, 5.74) is 0. The van der Waals surface area contributed by atoms with Gasteiger partial charge >= 0.3 is 6.09 Å². The zero-order valence-corrected chi connectivity index (χ0v) is 10.8. The quantitative estimate of drug-likeness (QED) is 0.352. The van der Waals surface area contributed by atoms with E-state index in [1.54, 1.807) is 0 Å². The summed E-state index contributed by atoms with van der Waals surface area (Å²) in [7, 11) is 0. The van der Waals surface area contributed by atoms with E-state index < -0.39 is 0 Å². The van der Waals surface area contributed by atoms with E-state index in [2.05, 4.69) is 13.8 Å². The average Bonchev–Trinajstić information content (AvgIpc) is 2.62. The molecule has 3 heteroatoms. The van der Waals surface area contributed by atoms with Crippen molar-refractivity contribution in [3.8, 4) is 0 Å². The van der Waals surface area contributed by atoms with Crippen LogP contribution >= 0.6 is 0 Å². The number of amidine groups is 1. The highest BCUT2D eigenvalue weighted by Crippen LogP contribution is 2.07. The van der Waals surface area contributed by atoms with E-state index >= 15 is 0 Å². The Labute approximate surface area is 99.1 Å². The predicted octanol–water partition coefficient (Wildman–Crippen LogP) is 3.02. The molecule has 1 rings (SSSR count). The fraction of sp³-hybridized carbons (Fsp3) is 0.923. The Balaban J connectivity index is 2.28. The third kappa shape index (κ3) is 4.11. The van der Waals surface area contributed by atoms with E-state index in [4.69, 9.17) is 0 Å². The maximum Gasteiger partial charge on any atom is 0.436 e. The number of hydrogen-bond acceptors (Lipinski definition) is 1. The Morgan fingerprint density at radius 1 is 1.12 bits per heavy atom. The Hall–Kier alpha value is -0.600. The van der Waals surface area contributed by atoms with Gasteiger partial charge in [-0.2, -0.15) is 0 Å². The van der Waals surface area contributed by atoms with Crippen molar-refractivity contribution in [2.75, 3.05) is 26.2 Å². The fourth-order valence-corrected chi connectivity index (χ4v) is 2.14. The lowest BCUT2D eigenvalue weighted by atomic mass is 10.2. The molecule has 0 radical (unpaired) electrons. The van der Waals surface area contributed by atoms with Crippen LogP contribution in [0, 0.1) is 0 Å². The smallest absolute Gasteiger partial charge is 0.232 e. The molecule has 16 heavy (non-hydrogen) atoms. The van der Waals surface area contributed by atoms with Gasteiger partial charge in [0.1, 0.15) is 13.1 Å². The maximum atomic E-state index is 13.9. The molecule has 0 fully saturated rings. The number of unbranched alkanes of at least 4 members (excludes halogenated alkanes) is 4. The molecule has 0 aliphatic carbocycles. The monoisotopic (exact) mass is 229 g/mol. The van der Waals surface area contributed by atoms with Crippen molar-refractivity contribution in [2.24, 2.45) is 0 Å². The molecule has 0 saturated heterocycles. The molecule has 2 nitrogen and oxygen atoms in total. The van der Waals surface area contributed by atoms with Crippen molar-refractivity contribution in [3.05, 3.63) is 0 Å². The Morgan fingerprint density at radius 3 is 2.50 bits per heavy atom. The minimum Gasteiger partial charge on any atom is -0.232 e. The molecule has 1 heterocycles. The zero-order chi connectivity index (χ0) is 11.8. The molecule has 0 spiro atoms. The Morgan fingerprint density at radius 2 is 1.81 bits per heavy atom. The van der Waals surface area contributed by atoms with Crippen LogP contribution in [0.5, 0.6) is 0 Å². The molecule has 0 atom stereocenters. The van der Waals surface area contributed by atoms with Gasteiger partial charge in [-0.15, -0.1) is 4.39 Å². The number of nitrogens with zero attached hydrogens (tertiary/aromatic N) is 2. The highest BCUT2D eigenvalue weighted by molar-refractivity contribution is 5.68. The van der Waals surface area contributed by atoms with Gasteiger partial charge in [0.15, 0.2) is 0 Å². The van der Waals surface area contributed by atoms with Crippen LogP contribution in [-0.2, 0) is 0 Å². The highest BCUT2D eigenvalue weighted by Gasteiger charge is 2.29. The van der Waals surface area contributed by atoms with Crippen molar-refractivity contribution in [2.45, 2.75) is 52.4 Å². The normalized spacial score (nSPS) is 16.3. The molecule has 0 aromatic heterocycles. The van der Waals surface area contributed by atoms with Gasteiger partial charge in [0.2, 0.25) is 0 Å². The van der Waals surface area contributed by atoms with E-state index in [0.717, 1.165) is 39.0 Å². The molecule has 0 unspecified atom stereocenters. The van der Waals surface area contributed by atoms with Gasteiger partial charge in [0.25, 0.3) is 0 Å². The topological polar surface area (TPSA) is 6.25 Å². The number of hydrogen-bond donors (Lipinski definition) is 0. The van der Waals surface area contributed by atoms with Crippen LogP contribution in [0.4, 0.5) is 4.39 Å². The summed E-state index contributed by atoms with van der Waals surface area (Å²) in [5, 5.41) is 0. The van der Waals surface area contributed by atoms with Gasteiger partial charge in [-0.25, -0.2) is 9.48 Å². The largest absolute Gasteiger partial charge is 0.436 e. The fourth-order valence-electron chi connectivity index (χ4n) is 2.14. The maximum absolute atomic E-state index is 13.9. The molecule has 1 aliphatic rings. The SMILES string of the molecule is CCCCCN1CC[N+](CCCCC)=C1F. The van der Waals surface area contributed by atoms with Gasteiger partial charge in [0, 0.05) is 0 Å². The molecule has 0 bridgehead atoms. The van der Waals surface area contributed by atoms with Gasteiger partial charge in [-0.3, -0.25) is 0 Å². The average molecular weight is 229 g/mol. The molecular formula is C13H26FN2+.